The van der Waals surface area contributed by atoms with Gasteiger partial charge in [-0.3, -0.25) is 0 Å². The van der Waals surface area contributed by atoms with Crippen LogP contribution in [0.15, 0.2) is 0 Å². The Balaban J connectivity index is 4.56. The molecule has 4 heteroatoms. The number of hydrogen-bond donors (Lipinski definition) is 0. The van der Waals surface area contributed by atoms with Gasteiger partial charge in [-0.2, -0.15) is 17.6 Å². The smallest absolute Gasteiger partial charge is 0.200 e. The summed E-state index contributed by atoms with van der Waals surface area (Å²) >= 11 is 0. The zero-order chi connectivity index (χ0) is 11.4. The van der Waals surface area contributed by atoms with Crippen molar-refractivity contribution in [2.45, 2.75) is 58.3 Å². The van der Waals surface area contributed by atoms with Gasteiger partial charge in [0.2, 0.25) is 0 Å². The fourth-order valence-electron chi connectivity index (χ4n) is 1.46. The quantitative estimate of drug-likeness (QED) is 0.571. The molecule has 0 aliphatic rings. The van der Waals surface area contributed by atoms with E-state index in [0.717, 1.165) is 0 Å². The van der Waals surface area contributed by atoms with Crippen LogP contribution in [0.5, 0.6) is 0 Å². The van der Waals surface area contributed by atoms with Crippen LogP contribution in [0.1, 0.15) is 46.5 Å². The summed E-state index contributed by atoms with van der Waals surface area (Å²) in [6.07, 6.45) is -0.0409. The molecule has 0 heterocycles. The first-order chi connectivity index (χ1) is 6.29. The van der Waals surface area contributed by atoms with Crippen molar-refractivity contribution >= 4 is 0 Å². The molecule has 0 saturated carbocycles. The van der Waals surface area contributed by atoms with E-state index < -0.39 is 24.2 Å². The predicted octanol–water partition coefficient (Wildman–Crippen LogP) is 4.49. The van der Waals surface area contributed by atoms with E-state index in [1.165, 1.54) is 13.8 Å². The monoisotopic (exact) mass is 214 g/mol. The van der Waals surface area contributed by atoms with E-state index in [2.05, 4.69) is 0 Å². The van der Waals surface area contributed by atoms with Gasteiger partial charge in [0, 0.05) is 12.3 Å². The van der Waals surface area contributed by atoms with Crippen LogP contribution < -0.4 is 0 Å². The Morgan fingerprint density at radius 1 is 1.00 bits per heavy atom. The third kappa shape index (κ3) is 2.85. The van der Waals surface area contributed by atoms with Crippen LogP contribution in [0.25, 0.3) is 0 Å². The summed E-state index contributed by atoms with van der Waals surface area (Å²) in [7, 11) is 0. The molecule has 0 radical (unpaired) electrons. The van der Waals surface area contributed by atoms with Crippen LogP contribution in [-0.2, 0) is 0 Å². The van der Waals surface area contributed by atoms with Crippen molar-refractivity contribution in [3.63, 3.8) is 0 Å². The third-order valence-electron chi connectivity index (χ3n) is 2.39. The number of rotatable bonds is 6. The molecule has 0 aromatic carbocycles. The minimum absolute atomic E-state index is 0.0709. The van der Waals surface area contributed by atoms with Crippen molar-refractivity contribution in [2.24, 2.45) is 5.92 Å². The normalized spacial score (nSPS) is 15.6. The van der Waals surface area contributed by atoms with Crippen LogP contribution in [0.2, 0.25) is 0 Å². The van der Waals surface area contributed by atoms with Crippen LogP contribution in [0.4, 0.5) is 17.6 Å². The summed E-state index contributed by atoms with van der Waals surface area (Å²) in [5, 5.41) is 0. The van der Waals surface area contributed by atoms with Gasteiger partial charge in [-0.25, -0.2) is 0 Å². The molecule has 0 saturated heterocycles. The maximum atomic E-state index is 13.2. The zero-order valence-electron chi connectivity index (χ0n) is 8.92. The highest BCUT2D eigenvalue weighted by atomic mass is 19.3. The lowest BCUT2D eigenvalue weighted by Gasteiger charge is -2.31. The molecule has 14 heavy (non-hydrogen) atoms. The van der Waals surface area contributed by atoms with Crippen LogP contribution in [-0.4, -0.2) is 11.8 Å². The van der Waals surface area contributed by atoms with E-state index in [4.69, 9.17) is 0 Å². The predicted molar refractivity (Wildman–Crippen MR) is 48.9 cm³/mol. The summed E-state index contributed by atoms with van der Waals surface area (Å²) in [5.74, 6) is -9.00. The molecule has 0 rings (SSSR count). The third-order valence-corrected chi connectivity index (χ3v) is 2.39. The highest BCUT2D eigenvalue weighted by molar-refractivity contribution is 4.88. The minimum Gasteiger partial charge on any atom is -0.200 e. The molecule has 0 bridgehead atoms. The summed E-state index contributed by atoms with van der Waals surface area (Å²) in [5.41, 5.74) is 0. The second kappa shape index (κ2) is 4.99. The van der Waals surface area contributed by atoms with Crippen molar-refractivity contribution in [1.29, 1.82) is 0 Å². The van der Waals surface area contributed by atoms with Gasteiger partial charge in [0.15, 0.2) is 0 Å². The van der Waals surface area contributed by atoms with Gasteiger partial charge >= 0.3 is 11.8 Å². The summed E-state index contributed by atoms with van der Waals surface area (Å²) < 4.78 is 52.5. The van der Waals surface area contributed by atoms with Gasteiger partial charge in [0.1, 0.15) is 0 Å². The molecule has 0 spiro atoms. The molecule has 0 aromatic rings. The zero-order valence-corrected chi connectivity index (χ0v) is 8.92. The molecular formula is C10H18F4. The maximum absolute atomic E-state index is 13.2. The lowest BCUT2D eigenvalue weighted by Crippen LogP contribution is -2.45. The molecule has 0 fully saturated rings. The highest BCUT2D eigenvalue weighted by Crippen LogP contribution is 2.44. The fraction of sp³-hybridized carbons (Fsp3) is 1.00. The van der Waals surface area contributed by atoms with Gasteiger partial charge in [0.05, 0.1) is 0 Å². The SMILES string of the molecule is CCCC(C)C(F)(F)C(F)(F)CCC. The summed E-state index contributed by atoms with van der Waals surface area (Å²) in [6.45, 7) is 4.38. The first-order valence-corrected chi connectivity index (χ1v) is 5.05. The molecule has 0 aliphatic heterocycles. The lowest BCUT2D eigenvalue weighted by atomic mass is 9.91. The second-order valence-electron chi connectivity index (χ2n) is 3.77. The average molecular weight is 214 g/mol. The fourth-order valence-corrected chi connectivity index (χ4v) is 1.46. The number of hydrogen-bond acceptors (Lipinski definition) is 0. The van der Waals surface area contributed by atoms with E-state index in [9.17, 15) is 17.6 Å². The van der Waals surface area contributed by atoms with Crippen molar-refractivity contribution in [1.82, 2.24) is 0 Å². The molecule has 1 unspecified atom stereocenters. The Morgan fingerprint density at radius 2 is 1.50 bits per heavy atom. The second-order valence-corrected chi connectivity index (χ2v) is 3.77. The maximum Gasteiger partial charge on any atom is 0.312 e. The first-order valence-electron chi connectivity index (χ1n) is 5.05. The van der Waals surface area contributed by atoms with Gasteiger partial charge in [-0.1, -0.05) is 33.6 Å². The Labute approximate surface area is 82.7 Å². The van der Waals surface area contributed by atoms with Gasteiger partial charge in [-0.15, -0.1) is 0 Å². The van der Waals surface area contributed by atoms with E-state index >= 15 is 0 Å². The minimum atomic E-state index is -3.88. The van der Waals surface area contributed by atoms with Crippen molar-refractivity contribution in [3.8, 4) is 0 Å². The van der Waals surface area contributed by atoms with E-state index in [0.29, 0.717) is 6.42 Å². The first kappa shape index (κ1) is 13.7. The van der Waals surface area contributed by atoms with Crippen molar-refractivity contribution in [3.05, 3.63) is 0 Å². The Hall–Kier alpha value is -0.280. The van der Waals surface area contributed by atoms with Crippen LogP contribution >= 0.6 is 0 Å². The Kier molecular flexibility index (Phi) is 4.89. The van der Waals surface area contributed by atoms with Crippen molar-refractivity contribution in [2.75, 3.05) is 0 Å². The number of halogens is 4. The summed E-state index contributed by atoms with van der Waals surface area (Å²) in [4.78, 5) is 0. The molecule has 0 aliphatic carbocycles. The Morgan fingerprint density at radius 3 is 1.86 bits per heavy atom. The number of alkyl halides is 4. The van der Waals surface area contributed by atoms with E-state index in [-0.39, 0.29) is 12.8 Å². The molecule has 0 aromatic heterocycles. The molecule has 0 N–H and O–H groups in total. The lowest BCUT2D eigenvalue weighted by molar-refractivity contribution is -0.237. The standard InChI is InChI=1S/C10H18F4/c1-4-6-8(3)10(13,14)9(11,12)7-5-2/h8H,4-7H2,1-3H3. The molecular weight excluding hydrogens is 196 g/mol. The molecule has 0 nitrogen and oxygen atoms in total. The van der Waals surface area contributed by atoms with Crippen LogP contribution in [0, 0.1) is 5.92 Å². The van der Waals surface area contributed by atoms with E-state index in [1.54, 1.807) is 6.92 Å². The van der Waals surface area contributed by atoms with Crippen LogP contribution in [0.3, 0.4) is 0 Å². The highest BCUT2D eigenvalue weighted by Gasteiger charge is 2.57. The topological polar surface area (TPSA) is 0 Å². The van der Waals surface area contributed by atoms with E-state index in [1.807, 2.05) is 0 Å². The molecule has 86 valence electrons. The van der Waals surface area contributed by atoms with Crippen molar-refractivity contribution < 1.29 is 17.6 Å². The average Bonchev–Trinajstić information content (AvgIpc) is 2.04. The van der Waals surface area contributed by atoms with Gasteiger partial charge in [-0.05, 0) is 6.42 Å². The Bertz CT molecular complexity index is 166. The van der Waals surface area contributed by atoms with Gasteiger partial charge in [0.25, 0.3) is 0 Å². The van der Waals surface area contributed by atoms with Gasteiger partial charge < -0.3 is 0 Å². The molecule has 0 amide bonds. The molecule has 1 atom stereocenters. The largest absolute Gasteiger partial charge is 0.312 e. The summed E-state index contributed by atoms with van der Waals surface area (Å²) in [6, 6.07) is 0.